The van der Waals surface area contributed by atoms with Crippen molar-refractivity contribution in [1.82, 2.24) is 10.2 Å². The van der Waals surface area contributed by atoms with Crippen LogP contribution in [0.5, 0.6) is 5.75 Å². The highest BCUT2D eigenvalue weighted by atomic mass is 32.2. The summed E-state index contributed by atoms with van der Waals surface area (Å²) in [6.07, 6.45) is 1.34. The van der Waals surface area contributed by atoms with Gasteiger partial charge in [-0.05, 0) is 23.8 Å². The van der Waals surface area contributed by atoms with Gasteiger partial charge < -0.3 is 19.9 Å². The zero-order valence-electron chi connectivity index (χ0n) is 15.5. The van der Waals surface area contributed by atoms with Gasteiger partial charge in [-0.1, -0.05) is 11.8 Å². The molecular formula is C18H22N4O5S. The number of thioether (sulfide) groups is 1. The Morgan fingerprint density at radius 1 is 1.46 bits per heavy atom. The highest BCUT2D eigenvalue weighted by Gasteiger charge is 2.32. The number of carbonyl (C=O) groups excluding carboxylic acids is 1. The first-order valence-electron chi connectivity index (χ1n) is 8.82. The average molecular weight is 406 g/mol. The first kappa shape index (κ1) is 20.3. The van der Waals surface area contributed by atoms with Crippen molar-refractivity contribution in [2.24, 2.45) is 10.2 Å². The fourth-order valence-electron chi connectivity index (χ4n) is 2.90. The number of benzene rings is 1. The molecule has 150 valence electrons. The summed E-state index contributed by atoms with van der Waals surface area (Å²) in [5.74, 6) is -0.577. The van der Waals surface area contributed by atoms with E-state index in [4.69, 9.17) is 14.6 Å². The summed E-state index contributed by atoms with van der Waals surface area (Å²) in [5, 5.41) is 19.0. The second kappa shape index (κ2) is 9.67. The molecule has 1 aromatic rings. The molecule has 1 atom stereocenters. The van der Waals surface area contributed by atoms with E-state index in [1.54, 1.807) is 13.3 Å². The molecule has 1 aromatic carbocycles. The van der Waals surface area contributed by atoms with Crippen molar-refractivity contribution >= 4 is 35.0 Å². The number of carboxylic acids is 1. The van der Waals surface area contributed by atoms with Gasteiger partial charge in [-0.25, -0.2) is 0 Å². The topological polar surface area (TPSA) is 113 Å². The average Bonchev–Trinajstić information content (AvgIpc) is 3.01. The Morgan fingerprint density at radius 3 is 2.96 bits per heavy atom. The largest absolute Gasteiger partial charge is 0.496 e. The number of amidine groups is 1. The number of morpholine rings is 1. The number of nitrogens with one attached hydrogen (secondary N) is 1. The minimum atomic E-state index is -1.02. The minimum absolute atomic E-state index is 0.247. The number of amides is 1. The predicted octanol–water partition coefficient (Wildman–Crippen LogP) is 0.924. The van der Waals surface area contributed by atoms with E-state index in [-0.39, 0.29) is 12.3 Å². The lowest BCUT2D eigenvalue weighted by Crippen LogP contribution is -2.35. The van der Waals surface area contributed by atoms with Crippen molar-refractivity contribution in [3.05, 3.63) is 29.3 Å². The molecule has 28 heavy (non-hydrogen) atoms. The molecule has 2 heterocycles. The van der Waals surface area contributed by atoms with Gasteiger partial charge in [0.15, 0.2) is 5.17 Å². The molecule has 2 aliphatic rings. The standard InChI is InChI=1S/C18H22N4O5S/c1-26-14-3-2-12(8-13(14)11-22-4-6-27-7-5-22)10-19-21-18-20-17(25)15(28-18)9-16(23)24/h2-3,8,10,15H,4-7,9,11H2,1H3,(H,23,24)(H,20,21,25). The highest BCUT2D eigenvalue weighted by molar-refractivity contribution is 8.15. The number of aliphatic carboxylic acids is 1. The monoisotopic (exact) mass is 406 g/mol. The van der Waals surface area contributed by atoms with Crippen LogP contribution < -0.4 is 10.1 Å². The molecule has 3 rings (SSSR count). The van der Waals surface area contributed by atoms with Gasteiger partial charge in [0.1, 0.15) is 11.0 Å². The van der Waals surface area contributed by atoms with Crippen LogP contribution in [-0.2, 0) is 20.9 Å². The third-order valence-corrected chi connectivity index (χ3v) is 5.37. The number of carboxylic acid groups (broad SMARTS) is 1. The molecule has 2 N–H and O–H groups in total. The van der Waals surface area contributed by atoms with E-state index in [2.05, 4.69) is 20.4 Å². The van der Waals surface area contributed by atoms with Crippen LogP contribution in [0.25, 0.3) is 0 Å². The summed E-state index contributed by atoms with van der Waals surface area (Å²) in [5.41, 5.74) is 1.90. The molecule has 0 saturated carbocycles. The van der Waals surface area contributed by atoms with Crippen molar-refractivity contribution in [2.75, 3.05) is 33.4 Å². The Labute approximate surface area is 166 Å². The van der Waals surface area contributed by atoms with Crippen molar-refractivity contribution in [3.8, 4) is 5.75 Å². The van der Waals surface area contributed by atoms with E-state index in [0.29, 0.717) is 5.17 Å². The van der Waals surface area contributed by atoms with E-state index >= 15 is 0 Å². The molecule has 2 saturated heterocycles. The number of methoxy groups -OCH3 is 1. The maximum atomic E-state index is 11.7. The Hall–Kier alpha value is -2.43. The lowest BCUT2D eigenvalue weighted by molar-refractivity contribution is -0.138. The van der Waals surface area contributed by atoms with Crippen LogP contribution in [0.1, 0.15) is 17.5 Å². The number of hydrogen-bond donors (Lipinski definition) is 2. The third-order valence-electron chi connectivity index (χ3n) is 4.29. The van der Waals surface area contributed by atoms with Crippen LogP contribution in [0.3, 0.4) is 0 Å². The second-order valence-corrected chi connectivity index (χ2v) is 7.49. The fraction of sp³-hybridized carbons (Fsp3) is 0.444. The molecule has 0 spiro atoms. The quantitative estimate of drug-likeness (QED) is 0.511. The number of rotatable bonds is 7. The lowest BCUT2D eigenvalue weighted by Gasteiger charge is -2.27. The number of ether oxygens (including phenoxy) is 2. The molecule has 0 bridgehead atoms. The Kier molecular flexibility index (Phi) is 7.01. The van der Waals surface area contributed by atoms with Crippen molar-refractivity contribution < 1.29 is 24.2 Å². The summed E-state index contributed by atoms with van der Waals surface area (Å²) in [4.78, 5) is 24.8. The first-order chi connectivity index (χ1) is 13.5. The Morgan fingerprint density at radius 2 is 2.25 bits per heavy atom. The van der Waals surface area contributed by atoms with Gasteiger partial charge in [0, 0.05) is 25.2 Å². The van der Waals surface area contributed by atoms with Crippen LogP contribution in [0.15, 0.2) is 28.4 Å². The van der Waals surface area contributed by atoms with E-state index in [0.717, 1.165) is 61.5 Å². The Balaban J connectivity index is 1.65. The van der Waals surface area contributed by atoms with Gasteiger partial charge in [-0.2, -0.15) is 5.10 Å². The maximum Gasteiger partial charge on any atom is 0.305 e. The summed E-state index contributed by atoms with van der Waals surface area (Å²) in [6, 6.07) is 5.75. The van der Waals surface area contributed by atoms with Crippen molar-refractivity contribution in [3.63, 3.8) is 0 Å². The van der Waals surface area contributed by atoms with Gasteiger partial charge in [-0.3, -0.25) is 14.5 Å². The van der Waals surface area contributed by atoms with Crippen LogP contribution >= 0.6 is 11.8 Å². The maximum absolute atomic E-state index is 11.7. The molecular weight excluding hydrogens is 384 g/mol. The molecule has 0 radical (unpaired) electrons. The summed E-state index contributed by atoms with van der Waals surface area (Å²) in [7, 11) is 1.64. The predicted molar refractivity (Wildman–Crippen MR) is 106 cm³/mol. The Bertz CT molecular complexity index is 792. The van der Waals surface area contributed by atoms with Crippen molar-refractivity contribution in [1.29, 1.82) is 0 Å². The normalized spacial score (nSPS) is 22.0. The van der Waals surface area contributed by atoms with Crippen molar-refractivity contribution in [2.45, 2.75) is 18.2 Å². The van der Waals surface area contributed by atoms with E-state index in [1.807, 2.05) is 18.2 Å². The molecule has 9 nitrogen and oxygen atoms in total. The molecule has 2 aliphatic heterocycles. The van der Waals surface area contributed by atoms with E-state index in [1.165, 1.54) is 0 Å². The minimum Gasteiger partial charge on any atom is -0.496 e. The van der Waals surface area contributed by atoms with Gasteiger partial charge in [-0.15, -0.1) is 5.10 Å². The lowest BCUT2D eigenvalue weighted by atomic mass is 10.1. The number of hydrogen-bond acceptors (Lipinski definition) is 8. The van der Waals surface area contributed by atoms with Gasteiger partial charge >= 0.3 is 5.97 Å². The summed E-state index contributed by atoms with van der Waals surface area (Å²) in [6.45, 7) is 3.97. The summed E-state index contributed by atoms with van der Waals surface area (Å²) < 4.78 is 10.8. The van der Waals surface area contributed by atoms with E-state index < -0.39 is 11.2 Å². The van der Waals surface area contributed by atoms with Gasteiger partial charge in [0.2, 0.25) is 5.91 Å². The molecule has 0 aliphatic carbocycles. The van der Waals surface area contributed by atoms with Crippen LogP contribution in [0.4, 0.5) is 0 Å². The summed E-state index contributed by atoms with van der Waals surface area (Å²) >= 11 is 1.07. The zero-order chi connectivity index (χ0) is 19.9. The fourth-order valence-corrected chi connectivity index (χ4v) is 3.81. The highest BCUT2D eigenvalue weighted by Crippen LogP contribution is 2.23. The first-order valence-corrected chi connectivity index (χ1v) is 9.70. The molecule has 1 unspecified atom stereocenters. The van der Waals surface area contributed by atoms with Crippen LogP contribution in [-0.4, -0.2) is 71.9 Å². The molecule has 0 aromatic heterocycles. The smallest absolute Gasteiger partial charge is 0.305 e. The second-order valence-electron chi connectivity index (χ2n) is 6.30. The molecule has 2 fully saturated rings. The van der Waals surface area contributed by atoms with E-state index in [9.17, 15) is 9.59 Å². The molecule has 1 amide bonds. The SMILES string of the molecule is COc1ccc(C=NN=C2NC(=O)C(CC(=O)O)S2)cc1CN1CCOCC1. The molecule has 10 heteroatoms. The third kappa shape index (κ3) is 5.54. The number of carbonyl (C=O) groups is 2. The van der Waals surface area contributed by atoms with Crippen LogP contribution in [0, 0.1) is 0 Å². The van der Waals surface area contributed by atoms with Gasteiger partial charge in [0.25, 0.3) is 0 Å². The van der Waals surface area contributed by atoms with Gasteiger partial charge in [0.05, 0.1) is 33.0 Å². The van der Waals surface area contributed by atoms with Crippen LogP contribution in [0.2, 0.25) is 0 Å². The zero-order valence-corrected chi connectivity index (χ0v) is 16.3. The number of nitrogens with zero attached hydrogens (tertiary/aromatic N) is 3.